The highest BCUT2D eigenvalue weighted by atomic mass is 32.2. The summed E-state index contributed by atoms with van der Waals surface area (Å²) in [5.74, 6) is 0.295. The summed E-state index contributed by atoms with van der Waals surface area (Å²) in [5, 5.41) is 2.79. The van der Waals surface area contributed by atoms with Gasteiger partial charge in [-0.2, -0.15) is 0 Å². The van der Waals surface area contributed by atoms with Crippen molar-refractivity contribution < 1.29 is 8.42 Å². The number of sulfone groups is 1. The summed E-state index contributed by atoms with van der Waals surface area (Å²) in [6.07, 6.45) is 0.701. The highest BCUT2D eigenvalue weighted by molar-refractivity contribution is 7.92. The molecule has 1 fully saturated rings. The van der Waals surface area contributed by atoms with Crippen LogP contribution in [0.15, 0.2) is 0 Å². The van der Waals surface area contributed by atoms with Crippen LogP contribution in [0.25, 0.3) is 0 Å². The van der Waals surface area contributed by atoms with Crippen molar-refractivity contribution in [1.82, 2.24) is 10.2 Å². The van der Waals surface area contributed by atoms with Crippen molar-refractivity contribution >= 4 is 9.84 Å². The van der Waals surface area contributed by atoms with E-state index in [1.807, 2.05) is 18.9 Å². The molecule has 0 radical (unpaired) electrons. The Hall–Kier alpha value is -0.130. The van der Waals surface area contributed by atoms with E-state index in [0.29, 0.717) is 18.7 Å². The molecule has 78 valence electrons. The number of rotatable bonds is 3. The van der Waals surface area contributed by atoms with Crippen molar-refractivity contribution in [3.63, 3.8) is 0 Å². The number of nitrogens with zero attached hydrogens (tertiary/aromatic N) is 1. The van der Waals surface area contributed by atoms with Gasteiger partial charge in [0, 0.05) is 19.6 Å². The van der Waals surface area contributed by atoms with Gasteiger partial charge in [-0.3, -0.25) is 4.90 Å². The van der Waals surface area contributed by atoms with Gasteiger partial charge in [-0.25, -0.2) is 8.42 Å². The first-order valence-corrected chi connectivity index (χ1v) is 6.42. The first kappa shape index (κ1) is 10.9. The largest absolute Gasteiger partial charge is 0.313 e. The van der Waals surface area contributed by atoms with Gasteiger partial charge in [0.15, 0.2) is 9.84 Å². The minimum atomic E-state index is -2.92. The normalized spacial score (nSPS) is 26.2. The maximum atomic E-state index is 11.7. The van der Waals surface area contributed by atoms with E-state index in [2.05, 4.69) is 5.32 Å². The van der Waals surface area contributed by atoms with Crippen molar-refractivity contribution in [3.8, 4) is 0 Å². The third-order valence-electron chi connectivity index (χ3n) is 2.36. The van der Waals surface area contributed by atoms with Gasteiger partial charge in [0.1, 0.15) is 5.37 Å². The Kier molecular flexibility index (Phi) is 3.70. The molecule has 0 amide bonds. The van der Waals surface area contributed by atoms with E-state index in [-0.39, 0.29) is 5.37 Å². The topological polar surface area (TPSA) is 49.4 Å². The van der Waals surface area contributed by atoms with Crippen LogP contribution in [0.1, 0.15) is 13.3 Å². The predicted molar refractivity (Wildman–Crippen MR) is 53.4 cm³/mol. The molecule has 0 aromatic rings. The maximum Gasteiger partial charge on any atom is 0.167 e. The monoisotopic (exact) mass is 206 g/mol. The van der Waals surface area contributed by atoms with Crippen molar-refractivity contribution in [2.24, 2.45) is 0 Å². The lowest BCUT2D eigenvalue weighted by molar-refractivity contribution is 0.255. The van der Waals surface area contributed by atoms with Crippen LogP contribution in [0.3, 0.4) is 0 Å². The Morgan fingerprint density at radius 1 is 1.54 bits per heavy atom. The van der Waals surface area contributed by atoms with Gasteiger partial charge in [-0.1, -0.05) is 6.92 Å². The van der Waals surface area contributed by atoms with Gasteiger partial charge >= 0.3 is 0 Å². The molecule has 13 heavy (non-hydrogen) atoms. The lowest BCUT2D eigenvalue weighted by Gasteiger charge is -2.32. The predicted octanol–water partition coefficient (Wildman–Crippen LogP) is -0.328. The fraction of sp³-hybridized carbons (Fsp3) is 1.00. The third-order valence-corrected chi connectivity index (χ3v) is 4.69. The molecule has 1 heterocycles. The summed E-state index contributed by atoms with van der Waals surface area (Å²) in [4.78, 5) is 1.92. The first-order valence-electron chi connectivity index (χ1n) is 4.70. The lowest BCUT2D eigenvalue weighted by Crippen LogP contribution is -2.53. The van der Waals surface area contributed by atoms with Gasteiger partial charge in [0.2, 0.25) is 0 Å². The van der Waals surface area contributed by atoms with Crippen LogP contribution in [0.5, 0.6) is 0 Å². The van der Waals surface area contributed by atoms with E-state index in [0.717, 1.165) is 13.1 Å². The van der Waals surface area contributed by atoms with Gasteiger partial charge < -0.3 is 5.32 Å². The highest BCUT2D eigenvalue weighted by Gasteiger charge is 2.30. The van der Waals surface area contributed by atoms with Gasteiger partial charge in [-0.05, 0) is 13.5 Å². The average Bonchev–Trinajstić information content (AvgIpc) is 2.04. The summed E-state index contributed by atoms with van der Waals surface area (Å²) < 4.78 is 23.4. The Balaban J connectivity index is 2.68. The molecule has 0 aliphatic carbocycles. The second kappa shape index (κ2) is 4.39. The molecule has 1 aliphatic rings. The molecule has 0 bridgehead atoms. The smallest absolute Gasteiger partial charge is 0.167 e. The molecule has 0 aromatic heterocycles. The van der Waals surface area contributed by atoms with E-state index in [1.165, 1.54) is 0 Å². The van der Waals surface area contributed by atoms with Crippen LogP contribution in [-0.4, -0.2) is 51.1 Å². The maximum absolute atomic E-state index is 11.7. The average molecular weight is 206 g/mol. The van der Waals surface area contributed by atoms with E-state index in [9.17, 15) is 8.42 Å². The Bertz CT molecular complexity index is 251. The second-order valence-electron chi connectivity index (χ2n) is 3.51. The van der Waals surface area contributed by atoms with Crippen LogP contribution in [0, 0.1) is 0 Å². The van der Waals surface area contributed by atoms with Crippen molar-refractivity contribution in [2.75, 3.05) is 32.4 Å². The standard InChI is InChI=1S/C8H18N2O2S/c1-3-6-13(11,12)8-7-9-4-5-10(8)2/h8-9H,3-7H2,1-2H3. The molecule has 1 unspecified atom stereocenters. The molecule has 1 atom stereocenters. The third kappa shape index (κ3) is 2.65. The zero-order valence-electron chi connectivity index (χ0n) is 8.28. The van der Waals surface area contributed by atoms with Crippen LogP contribution in [-0.2, 0) is 9.84 Å². The van der Waals surface area contributed by atoms with Crippen LogP contribution in [0.4, 0.5) is 0 Å². The minimum absolute atomic E-state index is 0.295. The first-order chi connectivity index (χ1) is 6.08. The van der Waals surface area contributed by atoms with Gasteiger partial charge in [-0.15, -0.1) is 0 Å². The van der Waals surface area contributed by atoms with E-state index in [1.54, 1.807) is 0 Å². The summed E-state index contributed by atoms with van der Waals surface area (Å²) >= 11 is 0. The summed E-state index contributed by atoms with van der Waals surface area (Å²) in [6, 6.07) is 0. The molecule has 1 saturated heterocycles. The van der Waals surface area contributed by atoms with E-state index in [4.69, 9.17) is 0 Å². The molecular weight excluding hydrogens is 188 g/mol. The van der Waals surface area contributed by atoms with Gasteiger partial charge in [0.25, 0.3) is 0 Å². The zero-order valence-corrected chi connectivity index (χ0v) is 9.10. The zero-order chi connectivity index (χ0) is 9.90. The molecule has 4 nitrogen and oxygen atoms in total. The molecule has 0 aromatic carbocycles. The van der Waals surface area contributed by atoms with Gasteiger partial charge in [0.05, 0.1) is 5.75 Å². The number of hydrogen-bond donors (Lipinski definition) is 1. The minimum Gasteiger partial charge on any atom is -0.313 e. The Labute approximate surface area is 80.2 Å². The number of nitrogens with one attached hydrogen (secondary N) is 1. The van der Waals surface area contributed by atoms with Crippen molar-refractivity contribution in [1.29, 1.82) is 0 Å². The second-order valence-corrected chi connectivity index (χ2v) is 5.78. The quantitative estimate of drug-likeness (QED) is 0.687. The van der Waals surface area contributed by atoms with Crippen LogP contribution < -0.4 is 5.32 Å². The van der Waals surface area contributed by atoms with Crippen LogP contribution >= 0.6 is 0 Å². The number of likely N-dealkylation sites (N-methyl/N-ethyl adjacent to an activating group) is 1. The summed E-state index contributed by atoms with van der Waals surface area (Å²) in [6.45, 7) is 4.16. The SMILES string of the molecule is CCCS(=O)(=O)C1CNCCN1C. The molecule has 1 rings (SSSR count). The molecular formula is C8H18N2O2S. The van der Waals surface area contributed by atoms with Crippen molar-refractivity contribution in [2.45, 2.75) is 18.7 Å². The summed E-state index contributed by atoms with van der Waals surface area (Å²) in [5.41, 5.74) is 0. The Morgan fingerprint density at radius 3 is 2.77 bits per heavy atom. The Morgan fingerprint density at radius 2 is 2.23 bits per heavy atom. The molecule has 5 heteroatoms. The van der Waals surface area contributed by atoms with Crippen LogP contribution in [0.2, 0.25) is 0 Å². The van der Waals surface area contributed by atoms with E-state index >= 15 is 0 Å². The summed E-state index contributed by atoms with van der Waals surface area (Å²) in [7, 11) is -1.05. The van der Waals surface area contributed by atoms with Crippen molar-refractivity contribution in [3.05, 3.63) is 0 Å². The van der Waals surface area contributed by atoms with E-state index < -0.39 is 9.84 Å². The molecule has 0 spiro atoms. The highest BCUT2D eigenvalue weighted by Crippen LogP contribution is 2.09. The molecule has 1 aliphatic heterocycles. The lowest BCUT2D eigenvalue weighted by atomic mass is 10.4. The number of piperazine rings is 1. The number of hydrogen-bond acceptors (Lipinski definition) is 4. The fourth-order valence-electron chi connectivity index (χ4n) is 1.60. The molecule has 1 N–H and O–H groups in total. The fourth-order valence-corrected chi connectivity index (χ4v) is 3.47. The molecule has 0 saturated carbocycles.